The lowest BCUT2D eigenvalue weighted by atomic mass is 10.1. The van der Waals surface area contributed by atoms with Gasteiger partial charge in [-0.2, -0.15) is 4.31 Å². The second-order valence-corrected chi connectivity index (χ2v) is 9.02. The molecule has 134 valence electrons. The number of hydrogen-bond acceptors (Lipinski definition) is 6. The standard InChI is InChI=1S/C15H22N2O5S2/c1-2-24(19,20)17-6-4-3-5-11(9-17)16-15(18)14-13-12(10-23-14)21-7-8-22-13/h10-11H,2-9H2,1H3,(H,16,18). The molecule has 0 saturated carbocycles. The van der Waals surface area contributed by atoms with Gasteiger partial charge in [-0.05, 0) is 19.8 Å². The molecular weight excluding hydrogens is 352 g/mol. The fourth-order valence-corrected chi connectivity index (χ4v) is 4.94. The zero-order valence-corrected chi connectivity index (χ0v) is 15.2. The zero-order chi connectivity index (χ0) is 17.2. The molecule has 24 heavy (non-hydrogen) atoms. The van der Waals surface area contributed by atoms with Gasteiger partial charge >= 0.3 is 0 Å². The molecule has 2 aliphatic heterocycles. The number of amides is 1. The first-order valence-electron chi connectivity index (χ1n) is 8.17. The van der Waals surface area contributed by atoms with E-state index in [2.05, 4.69) is 5.32 Å². The van der Waals surface area contributed by atoms with Crippen molar-refractivity contribution in [3.8, 4) is 11.5 Å². The second-order valence-electron chi connectivity index (χ2n) is 5.88. The summed E-state index contributed by atoms with van der Waals surface area (Å²) in [5.41, 5.74) is 0. The van der Waals surface area contributed by atoms with Crippen molar-refractivity contribution in [3.05, 3.63) is 10.3 Å². The van der Waals surface area contributed by atoms with E-state index >= 15 is 0 Å². The smallest absolute Gasteiger partial charge is 0.265 e. The van der Waals surface area contributed by atoms with E-state index in [0.29, 0.717) is 42.7 Å². The SMILES string of the molecule is CCS(=O)(=O)N1CCCCC(NC(=O)c2scc3c2OCCO3)C1. The number of thiophene rings is 1. The monoisotopic (exact) mass is 374 g/mol. The molecule has 3 rings (SSSR count). The highest BCUT2D eigenvalue weighted by molar-refractivity contribution is 7.89. The summed E-state index contributed by atoms with van der Waals surface area (Å²) in [6.07, 6.45) is 2.48. The Bertz CT molecular complexity index is 701. The zero-order valence-electron chi connectivity index (χ0n) is 13.6. The molecule has 1 N–H and O–H groups in total. The molecule has 0 aromatic carbocycles. The second kappa shape index (κ2) is 7.28. The van der Waals surface area contributed by atoms with Gasteiger partial charge in [0.1, 0.15) is 18.1 Å². The number of nitrogens with one attached hydrogen (secondary N) is 1. The number of nitrogens with zero attached hydrogens (tertiary/aromatic N) is 1. The summed E-state index contributed by atoms with van der Waals surface area (Å²) in [7, 11) is -3.24. The first kappa shape index (κ1) is 17.5. The predicted molar refractivity (Wildman–Crippen MR) is 91.4 cm³/mol. The highest BCUT2D eigenvalue weighted by Crippen LogP contribution is 2.39. The van der Waals surface area contributed by atoms with Crippen LogP contribution in [0.15, 0.2) is 5.38 Å². The normalized spacial score (nSPS) is 22.0. The highest BCUT2D eigenvalue weighted by Gasteiger charge is 2.29. The van der Waals surface area contributed by atoms with E-state index in [9.17, 15) is 13.2 Å². The summed E-state index contributed by atoms with van der Waals surface area (Å²) in [4.78, 5) is 13.1. The third-order valence-electron chi connectivity index (χ3n) is 4.23. The summed E-state index contributed by atoms with van der Waals surface area (Å²) in [6, 6.07) is -0.191. The van der Waals surface area contributed by atoms with E-state index in [1.807, 2.05) is 0 Å². The molecule has 7 nitrogen and oxygen atoms in total. The van der Waals surface area contributed by atoms with Gasteiger partial charge in [-0.3, -0.25) is 4.79 Å². The van der Waals surface area contributed by atoms with Gasteiger partial charge in [-0.1, -0.05) is 6.42 Å². The van der Waals surface area contributed by atoms with Gasteiger partial charge in [0.05, 0.1) is 5.75 Å². The Balaban J connectivity index is 1.70. The number of carbonyl (C=O) groups excluding carboxylic acids is 1. The van der Waals surface area contributed by atoms with Crippen LogP contribution in [-0.4, -0.2) is 56.7 Å². The van der Waals surface area contributed by atoms with Gasteiger partial charge in [0.2, 0.25) is 10.0 Å². The van der Waals surface area contributed by atoms with Gasteiger partial charge in [-0.15, -0.1) is 11.3 Å². The van der Waals surface area contributed by atoms with Crippen LogP contribution < -0.4 is 14.8 Å². The molecule has 1 amide bonds. The largest absolute Gasteiger partial charge is 0.485 e. The first-order chi connectivity index (χ1) is 11.5. The maximum absolute atomic E-state index is 12.6. The fraction of sp³-hybridized carbons (Fsp3) is 0.667. The molecule has 0 radical (unpaired) electrons. The number of ether oxygens (including phenoxy) is 2. The Labute approximate surface area is 146 Å². The lowest BCUT2D eigenvalue weighted by Gasteiger charge is -2.24. The lowest BCUT2D eigenvalue weighted by Crippen LogP contribution is -2.45. The summed E-state index contributed by atoms with van der Waals surface area (Å²) in [6.45, 7) is 3.40. The minimum atomic E-state index is -3.24. The molecule has 1 saturated heterocycles. The highest BCUT2D eigenvalue weighted by atomic mass is 32.2. The predicted octanol–water partition coefficient (Wildman–Crippen LogP) is 1.45. The Morgan fingerprint density at radius 1 is 1.38 bits per heavy atom. The van der Waals surface area contributed by atoms with Crippen molar-refractivity contribution in [2.75, 3.05) is 32.1 Å². The molecular formula is C15H22N2O5S2. The van der Waals surface area contributed by atoms with E-state index in [0.717, 1.165) is 19.3 Å². The van der Waals surface area contributed by atoms with Crippen LogP contribution in [0.5, 0.6) is 11.5 Å². The van der Waals surface area contributed by atoms with E-state index in [4.69, 9.17) is 9.47 Å². The van der Waals surface area contributed by atoms with Crippen molar-refractivity contribution in [1.29, 1.82) is 0 Å². The third kappa shape index (κ3) is 3.68. The van der Waals surface area contributed by atoms with Gasteiger partial charge in [0.25, 0.3) is 5.91 Å². The van der Waals surface area contributed by atoms with Gasteiger partial charge in [0.15, 0.2) is 11.5 Å². The van der Waals surface area contributed by atoms with Gasteiger partial charge in [0, 0.05) is 24.5 Å². The molecule has 0 bridgehead atoms. The number of hydrogen-bond donors (Lipinski definition) is 1. The van der Waals surface area contributed by atoms with E-state index in [-0.39, 0.29) is 17.7 Å². The average molecular weight is 374 g/mol. The van der Waals surface area contributed by atoms with E-state index < -0.39 is 10.0 Å². The molecule has 1 aromatic rings. The van der Waals surface area contributed by atoms with Crippen molar-refractivity contribution >= 4 is 27.3 Å². The van der Waals surface area contributed by atoms with Crippen LogP contribution in [0.25, 0.3) is 0 Å². The quantitative estimate of drug-likeness (QED) is 0.862. The van der Waals surface area contributed by atoms with Crippen LogP contribution in [0, 0.1) is 0 Å². The molecule has 9 heteroatoms. The number of rotatable bonds is 4. The van der Waals surface area contributed by atoms with E-state index in [1.165, 1.54) is 15.6 Å². The third-order valence-corrected chi connectivity index (χ3v) is 7.02. The molecule has 0 aliphatic carbocycles. The van der Waals surface area contributed by atoms with Crippen molar-refractivity contribution in [1.82, 2.24) is 9.62 Å². The van der Waals surface area contributed by atoms with Crippen LogP contribution >= 0.6 is 11.3 Å². The molecule has 1 unspecified atom stereocenters. The van der Waals surface area contributed by atoms with Crippen LogP contribution in [0.1, 0.15) is 35.9 Å². The van der Waals surface area contributed by atoms with Crippen molar-refractivity contribution in [3.63, 3.8) is 0 Å². The maximum atomic E-state index is 12.6. The fourth-order valence-electron chi connectivity index (χ4n) is 2.93. The van der Waals surface area contributed by atoms with Crippen LogP contribution in [-0.2, 0) is 10.0 Å². The van der Waals surface area contributed by atoms with Crippen LogP contribution in [0.2, 0.25) is 0 Å². The lowest BCUT2D eigenvalue weighted by molar-refractivity contribution is 0.0927. The summed E-state index contributed by atoms with van der Waals surface area (Å²) >= 11 is 1.28. The number of carbonyl (C=O) groups is 1. The Hall–Kier alpha value is -1.32. The summed E-state index contributed by atoms with van der Waals surface area (Å²) in [5, 5.41) is 4.74. The van der Waals surface area contributed by atoms with Crippen LogP contribution in [0.4, 0.5) is 0 Å². The molecule has 1 atom stereocenters. The topological polar surface area (TPSA) is 84.9 Å². The Kier molecular flexibility index (Phi) is 5.31. The van der Waals surface area contributed by atoms with Crippen molar-refractivity contribution in [2.24, 2.45) is 0 Å². The maximum Gasteiger partial charge on any atom is 0.265 e. The number of fused-ring (bicyclic) bond motifs is 1. The minimum Gasteiger partial charge on any atom is -0.485 e. The molecule has 0 spiro atoms. The molecule has 3 heterocycles. The Morgan fingerprint density at radius 2 is 2.17 bits per heavy atom. The Morgan fingerprint density at radius 3 is 2.96 bits per heavy atom. The molecule has 1 fully saturated rings. The van der Waals surface area contributed by atoms with Gasteiger partial charge < -0.3 is 14.8 Å². The van der Waals surface area contributed by atoms with Crippen LogP contribution in [0.3, 0.4) is 0 Å². The number of sulfonamides is 1. The van der Waals surface area contributed by atoms with Gasteiger partial charge in [-0.25, -0.2) is 8.42 Å². The first-order valence-corrected chi connectivity index (χ1v) is 10.7. The average Bonchev–Trinajstić information content (AvgIpc) is 2.87. The minimum absolute atomic E-state index is 0.0806. The van der Waals surface area contributed by atoms with E-state index in [1.54, 1.807) is 12.3 Å². The molecule has 1 aromatic heterocycles. The van der Waals surface area contributed by atoms with Crippen molar-refractivity contribution < 1.29 is 22.7 Å². The molecule has 2 aliphatic rings. The summed E-state index contributed by atoms with van der Waals surface area (Å²) in [5.74, 6) is 0.951. The van der Waals surface area contributed by atoms with Crippen molar-refractivity contribution in [2.45, 2.75) is 32.2 Å². The summed E-state index contributed by atoms with van der Waals surface area (Å²) < 4.78 is 36.8.